The van der Waals surface area contributed by atoms with Crippen molar-refractivity contribution in [2.75, 3.05) is 18.0 Å². The number of hydrogen-bond donors (Lipinski definition) is 2. The summed E-state index contributed by atoms with van der Waals surface area (Å²) in [5.74, 6) is -2.38. The Morgan fingerprint density at radius 3 is 2.55 bits per heavy atom. The molecule has 1 atom stereocenters. The molecule has 200 valence electrons. The van der Waals surface area contributed by atoms with Crippen molar-refractivity contribution in [3.8, 4) is 5.69 Å². The Bertz CT molecular complexity index is 1430. The first-order chi connectivity index (χ1) is 18.0. The highest BCUT2D eigenvalue weighted by Crippen LogP contribution is 2.25. The van der Waals surface area contributed by atoms with Crippen LogP contribution in [-0.4, -0.2) is 66.4 Å². The molecule has 1 aliphatic heterocycles. The quantitative estimate of drug-likeness (QED) is 0.378. The maximum Gasteiger partial charge on any atom is 0.490 e. The van der Waals surface area contributed by atoms with Gasteiger partial charge in [0.2, 0.25) is 5.82 Å². The average Bonchev–Trinajstić information content (AvgIpc) is 3.64. The van der Waals surface area contributed by atoms with E-state index in [9.17, 15) is 22.4 Å². The molecule has 0 saturated carbocycles. The van der Waals surface area contributed by atoms with Crippen LogP contribution in [0.3, 0.4) is 0 Å². The fraction of sp³-hybridized carbons (Fsp3) is 0.292. The van der Waals surface area contributed by atoms with Crippen LogP contribution in [0.25, 0.3) is 11.2 Å². The molecule has 10 nitrogen and oxygen atoms in total. The number of halogens is 4. The van der Waals surface area contributed by atoms with Gasteiger partial charge in [-0.3, -0.25) is 4.79 Å². The number of alkyl halides is 3. The first-order valence-corrected chi connectivity index (χ1v) is 11.5. The van der Waals surface area contributed by atoms with E-state index >= 15 is 0 Å². The van der Waals surface area contributed by atoms with Gasteiger partial charge in [-0.15, -0.1) is 5.10 Å². The third-order valence-corrected chi connectivity index (χ3v) is 5.76. The lowest BCUT2D eigenvalue weighted by Gasteiger charge is -2.20. The van der Waals surface area contributed by atoms with Gasteiger partial charge in [-0.2, -0.15) is 13.2 Å². The molecule has 1 aromatic carbocycles. The van der Waals surface area contributed by atoms with Crippen LogP contribution in [0.4, 0.5) is 23.4 Å². The van der Waals surface area contributed by atoms with Crippen molar-refractivity contribution >= 4 is 23.2 Å². The second-order valence-corrected chi connectivity index (χ2v) is 8.41. The van der Waals surface area contributed by atoms with E-state index in [0.717, 1.165) is 36.4 Å². The van der Waals surface area contributed by atoms with Gasteiger partial charge in [0.05, 0.1) is 16.9 Å². The number of nitrogens with one attached hydrogen (secondary N) is 1. The van der Waals surface area contributed by atoms with Gasteiger partial charge in [0.1, 0.15) is 12.1 Å². The van der Waals surface area contributed by atoms with E-state index in [1.165, 1.54) is 23.1 Å². The SMILES string of the molecule is CCc1cn2cccc2c(N2CC[C@H](NC(=O)c3ncn(-c4ccc(F)cc4)n3)C2)n1.O=C(O)C(F)(F)F. The molecule has 1 fully saturated rings. The molecule has 38 heavy (non-hydrogen) atoms. The molecule has 4 aromatic rings. The van der Waals surface area contributed by atoms with Crippen molar-refractivity contribution in [3.63, 3.8) is 0 Å². The highest BCUT2D eigenvalue weighted by atomic mass is 19.4. The molecule has 5 rings (SSSR count). The van der Waals surface area contributed by atoms with Crippen molar-refractivity contribution in [2.24, 2.45) is 0 Å². The number of anilines is 1. The maximum absolute atomic E-state index is 13.1. The molecule has 1 aliphatic rings. The lowest BCUT2D eigenvalue weighted by molar-refractivity contribution is -0.192. The van der Waals surface area contributed by atoms with Crippen molar-refractivity contribution in [1.82, 2.24) is 29.5 Å². The van der Waals surface area contributed by atoms with Gasteiger partial charge >= 0.3 is 12.1 Å². The number of benzene rings is 1. The van der Waals surface area contributed by atoms with Gasteiger partial charge < -0.3 is 19.7 Å². The summed E-state index contributed by atoms with van der Waals surface area (Å²) in [6.45, 7) is 3.57. The zero-order valence-electron chi connectivity index (χ0n) is 20.1. The molecule has 1 amide bonds. The molecule has 3 aromatic heterocycles. The van der Waals surface area contributed by atoms with Crippen LogP contribution in [0.15, 0.2) is 55.1 Å². The van der Waals surface area contributed by atoms with Crippen LogP contribution in [0.1, 0.15) is 29.7 Å². The number of fused-ring (bicyclic) bond motifs is 1. The van der Waals surface area contributed by atoms with Crippen molar-refractivity contribution in [1.29, 1.82) is 0 Å². The van der Waals surface area contributed by atoms with Crippen LogP contribution in [-0.2, 0) is 11.2 Å². The number of hydrogen-bond acceptors (Lipinski definition) is 6. The predicted octanol–water partition coefficient (Wildman–Crippen LogP) is 3.26. The van der Waals surface area contributed by atoms with Crippen LogP contribution in [0.5, 0.6) is 0 Å². The second kappa shape index (κ2) is 10.9. The van der Waals surface area contributed by atoms with Crippen LogP contribution in [0, 0.1) is 5.82 Å². The minimum atomic E-state index is -5.08. The molecule has 0 aliphatic carbocycles. The largest absolute Gasteiger partial charge is 0.490 e. The Morgan fingerprint density at radius 2 is 1.89 bits per heavy atom. The molecule has 0 bridgehead atoms. The minimum absolute atomic E-state index is 0.0210. The van der Waals surface area contributed by atoms with Gasteiger partial charge in [-0.1, -0.05) is 6.92 Å². The van der Waals surface area contributed by atoms with Crippen molar-refractivity contribution in [2.45, 2.75) is 32.0 Å². The third kappa shape index (κ3) is 6.07. The topological polar surface area (TPSA) is 118 Å². The molecular formula is C24H23F4N7O3. The van der Waals surface area contributed by atoms with E-state index in [1.54, 1.807) is 12.1 Å². The Labute approximate surface area is 213 Å². The minimum Gasteiger partial charge on any atom is -0.475 e. The highest BCUT2D eigenvalue weighted by molar-refractivity contribution is 5.90. The predicted molar refractivity (Wildman–Crippen MR) is 128 cm³/mol. The number of carboxylic acids is 1. The number of aryl methyl sites for hydroxylation is 1. The lowest BCUT2D eigenvalue weighted by atomic mass is 10.2. The summed E-state index contributed by atoms with van der Waals surface area (Å²) in [5, 5.41) is 14.4. The van der Waals surface area contributed by atoms with E-state index in [-0.39, 0.29) is 23.6 Å². The Hall–Kier alpha value is -4.49. The summed E-state index contributed by atoms with van der Waals surface area (Å²) < 4.78 is 48.4. The standard InChI is InChI=1S/C22H22FN7O.C2HF3O2/c1-2-16-12-28-10-3-4-19(28)21(25-16)29-11-9-17(13-29)26-22(31)20-24-14-30(27-20)18-7-5-15(23)6-8-18;3-2(4,5)1(6)7/h3-8,10,12,14,17H,2,9,11,13H2,1H3,(H,26,31);(H,6,7)/t17-;/m0./s1. The molecule has 0 spiro atoms. The van der Waals surface area contributed by atoms with Gasteiger partial charge in [0, 0.05) is 31.5 Å². The normalized spacial score (nSPS) is 15.3. The van der Waals surface area contributed by atoms with Gasteiger partial charge in [-0.05, 0) is 49.2 Å². The molecule has 1 saturated heterocycles. The number of rotatable bonds is 5. The number of amides is 1. The number of aliphatic carboxylic acids is 1. The third-order valence-electron chi connectivity index (χ3n) is 5.76. The number of carbonyl (C=O) groups is 2. The van der Waals surface area contributed by atoms with Gasteiger partial charge in [0.25, 0.3) is 5.91 Å². The number of carbonyl (C=O) groups excluding carboxylic acids is 1. The fourth-order valence-corrected chi connectivity index (χ4v) is 3.89. The van der Waals surface area contributed by atoms with E-state index in [4.69, 9.17) is 14.9 Å². The van der Waals surface area contributed by atoms with Crippen LogP contribution < -0.4 is 10.2 Å². The van der Waals surface area contributed by atoms with Gasteiger partial charge in [0.15, 0.2) is 5.82 Å². The summed E-state index contributed by atoms with van der Waals surface area (Å²) in [5.41, 5.74) is 2.73. The summed E-state index contributed by atoms with van der Waals surface area (Å²) in [6, 6.07) is 9.90. The van der Waals surface area contributed by atoms with Gasteiger partial charge in [-0.25, -0.2) is 23.8 Å². The zero-order valence-corrected chi connectivity index (χ0v) is 20.1. The average molecular weight is 533 g/mol. The Morgan fingerprint density at radius 1 is 1.18 bits per heavy atom. The van der Waals surface area contributed by atoms with Crippen LogP contribution in [0.2, 0.25) is 0 Å². The van der Waals surface area contributed by atoms with E-state index in [0.29, 0.717) is 12.2 Å². The summed E-state index contributed by atoms with van der Waals surface area (Å²) in [6.07, 6.45) is 2.12. The van der Waals surface area contributed by atoms with E-state index < -0.39 is 12.1 Å². The fourth-order valence-electron chi connectivity index (χ4n) is 3.89. The number of carboxylic acid groups (broad SMARTS) is 1. The summed E-state index contributed by atoms with van der Waals surface area (Å²) in [4.78, 5) is 32.7. The molecule has 4 heterocycles. The maximum atomic E-state index is 13.1. The van der Waals surface area contributed by atoms with E-state index in [1.807, 2.05) is 12.3 Å². The monoisotopic (exact) mass is 533 g/mol. The molecule has 14 heteroatoms. The molecule has 2 N–H and O–H groups in total. The smallest absolute Gasteiger partial charge is 0.475 e. The Balaban J connectivity index is 0.000000426. The summed E-state index contributed by atoms with van der Waals surface area (Å²) in [7, 11) is 0. The number of nitrogens with zero attached hydrogens (tertiary/aromatic N) is 6. The van der Waals surface area contributed by atoms with Crippen molar-refractivity contribution < 1.29 is 32.3 Å². The zero-order chi connectivity index (χ0) is 27.4. The second-order valence-electron chi connectivity index (χ2n) is 8.41. The lowest BCUT2D eigenvalue weighted by Crippen LogP contribution is -2.37. The molecular weight excluding hydrogens is 510 g/mol. The first-order valence-electron chi connectivity index (χ1n) is 11.5. The molecule has 0 radical (unpaired) electrons. The van der Waals surface area contributed by atoms with E-state index in [2.05, 4.69) is 43.9 Å². The van der Waals surface area contributed by atoms with Crippen LogP contribution >= 0.6 is 0 Å². The summed E-state index contributed by atoms with van der Waals surface area (Å²) >= 11 is 0. The highest BCUT2D eigenvalue weighted by Gasteiger charge is 2.38. The Kier molecular flexibility index (Phi) is 7.60. The number of aromatic nitrogens is 5. The van der Waals surface area contributed by atoms with Crippen molar-refractivity contribution in [3.05, 3.63) is 72.5 Å². The molecule has 0 unspecified atom stereocenters. The first kappa shape index (κ1) is 26.6.